The predicted molar refractivity (Wildman–Crippen MR) is 68.4 cm³/mol. The normalized spacial score (nSPS) is 12.0. The highest BCUT2D eigenvalue weighted by atomic mass is 19.1. The summed E-state index contributed by atoms with van der Waals surface area (Å²) >= 11 is 0. The molecular weight excluding hydrogens is 235 g/mol. The smallest absolute Gasteiger partial charge is 0.255 e. The van der Waals surface area contributed by atoms with E-state index in [-0.39, 0.29) is 23.3 Å². The molecule has 0 aliphatic rings. The molecule has 2 N–H and O–H groups in total. The molecule has 0 aliphatic heterocycles. The fraction of sp³-hybridized carbons (Fsp3) is 0.462. The van der Waals surface area contributed by atoms with Crippen molar-refractivity contribution in [1.29, 1.82) is 0 Å². The van der Waals surface area contributed by atoms with Gasteiger partial charge in [-0.25, -0.2) is 4.39 Å². The molecule has 4 nitrogen and oxygen atoms in total. The van der Waals surface area contributed by atoms with Crippen LogP contribution in [0, 0.1) is 5.82 Å². The summed E-state index contributed by atoms with van der Waals surface area (Å²) in [6, 6.07) is 4.47. The Labute approximate surface area is 107 Å². The van der Waals surface area contributed by atoms with Crippen LogP contribution in [0.2, 0.25) is 0 Å². The van der Waals surface area contributed by atoms with Gasteiger partial charge in [0.25, 0.3) is 5.91 Å². The Bertz CT molecular complexity index is 410. The first-order chi connectivity index (χ1) is 8.60. The van der Waals surface area contributed by atoms with Gasteiger partial charge in [-0.3, -0.25) is 4.79 Å². The summed E-state index contributed by atoms with van der Waals surface area (Å²) in [4.78, 5) is 11.9. The van der Waals surface area contributed by atoms with Crippen LogP contribution in [0.4, 0.5) is 4.39 Å². The van der Waals surface area contributed by atoms with Gasteiger partial charge in [-0.15, -0.1) is 0 Å². The molecule has 1 aromatic rings. The molecule has 1 rings (SSSR count). The monoisotopic (exact) mass is 254 g/mol. The molecule has 0 radical (unpaired) electrons. The molecule has 1 amide bonds. The highest BCUT2D eigenvalue weighted by Gasteiger charge is 2.16. The fourth-order valence-electron chi connectivity index (χ4n) is 1.42. The Morgan fingerprint density at radius 3 is 2.83 bits per heavy atom. The molecule has 100 valence electrons. The number of benzene rings is 1. The van der Waals surface area contributed by atoms with Crippen LogP contribution in [0.25, 0.3) is 0 Å². The van der Waals surface area contributed by atoms with Crippen molar-refractivity contribution in [1.82, 2.24) is 10.6 Å². The number of nitrogens with one attached hydrogen (secondary N) is 2. The van der Waals surface area contributed by atoms with E-state index in [0.717, 1.165) is 0 Å². The molecule has 0 saturated carbocycles. The zero-order chi connectivity index (χ0) is 13.5. The summed E-state index contributed by atoms with van der Waals surface area (Å²) < 4.78 is 18.7. The van der Waals surface area contributed by atoms with Crippen LogP contribution in [0.3, 0.4) is 0 Å². The van der Waals surface area contributed by atoms with Crippen molar-refractivity contribution in [2.75, 3.05) is 20.2 Å². The average Bonchev–Trinajstić information content (AvgIpc) is 2.38. The maximum absolute atomic E-state index is 13.5. The minimum atomic E-state index is -0.522. The Morgan fingerprint density at radius 1 is 1.50 bits per heavy atom. The second-order valence-electron chi connectivity index (χ2n) is 3.95. The molecule has 1 unspecified atom stereocenters. The summed E-state index contributed by atoms with van der Waals surface area (Å²) in [5.41, 5.74) is 0.222. The first kappa shape index (κ1) is 14.4. The number of para-hydroxylation sites is 1. The van der Waals surface area contributed by atoms with Gasteiger partial charge in [0, 0.05) is 12.6 Å². The van der Waals surface area contributed by atoms with E-state index in [1.54, 1.807) is 13.0 Å². The lowest BCUT2D eigenvalue weighted by atomic mass is 10.1. The molecular formula is C13H19FN2O2. The molecule has 0 aromatic heterocycles. The SMILES string of the molecule is CCOc1c(F)cccc1C(=O)NCC(C)NC. The lowest BCUT2D eigenvalue weighted by Crippen LogP contribution is -2.37. The highest BCUT2D eigenvalue weighted by molar-refractivity contribution is 5.97. The molecule has 1 aromatic carbocycles. The second kappa shape index (κ2) is 6.96. The zero-order valence-electron chi connectivity index (χ0n) is 10.9. The van der Waals surface area contributed by atoms with E-state index in [2.05, 4.69) is 10.6 Å². The van der Waals surface area contributed by atoms with E-state index >= 15 is 0 Å². The molecule has 1 atom stereocenters. The summed E-state index contributed by atoms with van der Waals surface area (Å²) in [6.45, 7) is 4.47. The van der Waals surface area contributed by atoms with Crippen LogP contribution < -0.4 is 15.4 Å². The van der Waals surface area contributed by atoms with Crippen LogP contribution in [0.1, 0.15) is 24.2 Å². The molecule has 0 saturated heterocycles. The summed E-state index contributed by atoms with van der Waals surface area (Å²) in [5.74, 6) is -0.846. The second-order valence-corrected chi connectivity index (χ2v) is 3.95. The summed E-state index contributed by atoms with van der Waals surface area (Å²) in [7, 11) is 1.81. The average molecular weight is 254 g/mol. The lowest BCUT2D eigenvalue weighted by molar-refractivity contribution is 0.0945. The largest absolute Gasteiger partial charge is 0.490 e. The number of rotatable bonds is 6. The van der Waals surface area contributed by atoms with E-state index in [9.17, 15) is 9.18 Å². The Morgan fingerprint density at radius 2 is 2.22 bits per heavy atom. The molecule has 0 fully saturated rings. The van der Waals surface area contributed by atoms with Crippen molar-refractivity contribution < 1.29 is 13.9 Å². The molecule has 0 heterocycles. The van der Waals surface area contributed by atoms with Crippen LogP contribution in [-0.4, -0.2) is 32.1 Å². The van der Waals surface area contributed by atoms with E-state index < -0.39 is 5.82 Å². The van der Waals surface area contributed by atoms with Gasteiger partial charge >= 0.3 is 0 Å². The van der Waals surface area contributed by atoms with Crippen molar-refractivity contribution in [3.05, 3.63) is 29.6 Å². The standard InChI is InChI=1S/C13H19FN2O2/c1-4-18-12-10(6-5-7-11(12)14)13(17)16-8-9(2)15-3/h5-7,9,15H,4,8H2,1-3H3,(H,16,17). The molecule has 0 aliphatic carbocycles. The van der Waals surface area contributed by atoms with E-state index in [4.69, 9.17) is 4.74 Å². The minimum absolute atomic E-state index is 0.00890. The van der Waals surface area contributed by atoms with Gasteiger partial charge in [-0.1, -0.05) is 6.07 Å². The summed E-state index contributed by atoms with van der Waals surface area (Å²) in [5, 5.41) is 5.73. The van der Waals surface area contributed by atoms with Crippen molar-refractivity contribution in [2.24, 2.45) is 0 Å². The molecule has 0 spiro atoms. The van der Waals surface area contributed by atoms with Gasteiger partial charge in [0.05, 0.1) is 12.2 Å². The third kappa shape index (κ3) is 3.70. The number of likely N-dealkylation sites (N-methyl/N-ethyl adjacent to an activating group) is 1. The van der Waals surface area contributed by atoms with Gasteiger partial charge in [0.1, 0.15) is 0 Å². The van der Waals surface area contributed by atoms with Gasteiger partial charge in [-0.2, -0.15) is 0 Å². The van der Waals surface area contributed by atoms with Crippen LogP contribution in [0.5, 0.6) is 5.75 Å². The first-order valence-corrected chi connectivity index (χ1v) is 5.96. The zero-order valence-corrected chi connectivity index (χ0v) is 10.9. The Kier molecular flexibility index (Phi) is 5.58. The van der Waals surface area contributed by atoms with Crippen molar-refractivity contribution in [3.8, 4) is 5.75 Å². The maximum Gasteiger partial charge on any atom is 0.255 e. The summed E-state index contributed by atoms with van der Waals surface area (Å²) in [6.07, 6.45) is 0. The number of halogens is 1. The third-order valence-electron chi connectivity index (χ3n) is 2.56. The molecule has 5 heteroatoms. The number of carbonyl (C=O) groups is 1. The molecule has 18 heavy (non-hydrogen) atoms. The minimum Gasteiger partial charge on any atom is -0.490 e. The van der Waals surface area contributed by atoms with Crippen molar-refractivity contribution in [2.45, 2.75) is 19.9 Å². The lowest BCUT2D eigenvalue weighted by Gasteiger charge is -2.14. The first-order valence-electron chi connectivity index (χ1n) is 5.96. The maximum atomic E-state index is 13.5. The number of ether oxygens (including phenoxy) is 1. The quantitative estimate of drug-likeness (QED) is 0.810. The van der Waals surface area contributed by atoms with Gasteiger partial charge in [0.15, 0.2) is 11.6 Å². The van der Waals surface area contributed by atoms with Crippen LogP contribution >= 0.6 is 0 Å². The van der Waals surface area contributed by atoms with E-state index in [1.807, 2.05) is 14.0 Å². The predicted octanol–water partition coefficient (Wildman–Crippen LogP) is 1.56. The number of carbonyl (C=O) groups excluding carboxylic acids is 1. The number of hydrogen-bond acceptors (Lipinski definition) is 3. The van der Waals surface area contributed by atoms with Crippen molar-refractivity contribution in [3.63, 3.8) is 0 Å². The van der Waals surface area contributed by atoms with Crippen LogP contribution in [-0.2, 0) is 0 Å². The Hall–Kier alpha value is -1.62. The van der Waals surface area contributed by atoms with E-state index in [0.29, 0.717) is 13.2 Å². The van der Waals surface area contributed by atoms with Gasteiger partial charge < -0.3 is 15.4 Å². The number of hydrogen-bond donors (Lipinski definition) is 2. The van der Waals surface area contributed by atoms with Gasteiger partial charge in [-0.05, 0) is 33.0 Å². The topological polar surface area (TPSA) is 50.4 Å². The number of amides is 1. The molecule has 0 bridgehead atoms. The fourth-order valence-corrected chi connectivity index (χ4v) is 1.42. The van der Waals surface area contributed by atoms with Gasteiger partial charge in [0.2, 0.25) is 0 Å². The highest BCUT2D eigenvalue weighted by Crippen LogP contribution is 2.22. The van der Waals surface area contributed by atoms with E-state index in [1.165, 1.54) is 12.1 Å². The van der Waals surface area contributed by atoms with Crippen molar-refractivity contribution >= 4 is 5.91 Å². The Balaban J connectivity index is 2.81. The van der Waals surface area contributed by atoms with Crippen LogP contribution in [0.15, 0.2) is 18.2 Å². The third-order valence-corrected chi connectivity index (χ3v) is 2.56.